The normalized spacial score (nSPS) is 10.3. The largest absolute Gasteiger partial charge is 0.462 e. The Hall–Kier alpha value is -2.10. The maximum atomic E-state index is 11.7. The maximum absolute atomic E-state index is 11.7. The van der Waals surface area contributed by atoms with Crippen molar-refractivity contribution >= 4 is 12.4 Å². The number of ether oxygens (including phenoxy) is 2. The highest BCUT2D eigenvalue weighted by Crippen LogP contribution is 2.18. The molecule has 0 aliphatic heterocycles. The zero-order valence-corrected chi connectivity index (χ0v) is 10.3. The summed E-state index contributed by atoms with van der Waals surface area (Å²) in [4.78, 5) is 22.0. The number of carbonyl (C=O) groups excluding carboxylic acids is 2. The molecule has 18 heavy (non-hydrogen) atoms. The fourth-order valence-electron chi connectivity index (χ4n) is 1.37. The highest BCUT2D eigenvalue weighted by Gasteiger charge is 2.12. The lowest BCUT2D eigenvalue weighted by Crippen LogP contribution is -2.08. The lowest BCUT2D eigenvalue weighted by atomic mass is 10.2. The van der Waals surface area contributed by atoms with Gasteiger partial charge in [0.15, 0.2) is 0 Å². The Balaban J connectivity index is 2.55. The van der Waals surface area contributed by atoms with Crippen LogP contribution < -0.4 is 4.74 Å². The molecule has 0 radical (unpaired) electrons. The molecule has 1 aromatic rings. The third kappa shape index (κ3) is 4.41. The van der Waals surface area contributed by atoms with E-state index in [1.54, 1.807) is 24.3 Å². The molecule has 0 N–H and O–H groups in total. The lowest BCUT2D eigenvalue weighted by molar-refractivity contribution is -0.120. The Kier molecular flexibility index (Phi) is 6.25. The van der Waals surface area contributed by atoms with Gasteiger partial charge >= 0.3 is 5.97 Å². The van der Waals surface area contributed by atoms with Crippen molar-refractivity contribution in [1.82, 2.24) is 0 Å². The minimum Gasteiger partial charge on any atom is -0.462 e. The average molecular weight is 248 g/mol. The van der Waals surface area contributed by atoms with Crippen LogP contribution in [0.1, 0.15) is 30.1 Å². The van der Waals surface area contributed by atoms with Crippen LogP contribution in [0.2, 0.25) is 0 Å². The Morgan fingerprint density at radius 1 is 1.28 bits per heavy atom. The molecule has 1 rings (SSSR count). The summed E-state index contributed by atoms with van der Waals surface area (Å²) in [5.41, 5.74) is 0.254. The van der Waals surface area contributed by atoms with E-state index >= 15 is 0 Å². The van der Waals surface area contributed by atoms with Crippen molar-refractivity contribution in [2.75, 3.05) is 6.61 Å². The van der Waals surface area contributed by atoms with Gasteiger partial charge in [0.2, 0.25) is 0 Å². The maximum Gasteiger partial charge on any atom is 0.341 e. The van der Waals surface area contributed by atoms with Crippen molar-refractivity contribution in [2.24, 2.45) is 0 Å². The van der Waals surface area contributed by atoms with Crippen molar-refractivity contribution in [2.45, 2.75) is 19.8 Å². The van der Waals surface area contributed by atoms with Gasteiger partial charge in [0.25, 0.3) is 6.47 Å². The molecule has 0 fully saturated rings. The molecule has 1 aromatic carbocycles. The summed E-state index contributed by atoms with van der Waals surface area (Å²) in [6, 6.07) is 6.47. The molecule has 0 heterocycles. The molecule has 0 atom stereocenters. The monoisotopic (exact) mass is 248 g/mol. The van der Waals surface area contributed by atoms with Gasteiger partial charge in [0.1, 0.15) is 11.3 Å². The van der Waals surface area contributed by atoms with E-state index in [0.717, 1.165) is 6.42 Å². The second kappa shape index (κ2) is 8.06. The fraction of sp³-hybridized carbons (Fsp3) is 0.286. The first-order chi connectivity index (χ1) is 8.79. The number of allylic oxidation sites excluding steroid dienone is 1. The number of esters is 1. The summed E-state index contributed by atoms with van der Waals surface area (Å²) in [6.45, 7) is 2.64. The van der Waals surface area contributed by atoms with Crippen molar-refractivity contribution < 1.29 is 19.1 Å². The predicted molar refractivity (Wildman–Crippen MR) is 67.5 cm³/mol. The van der Waals surface area contributed by atoms with Crippen LogP contribution in [-0.2, 0) is 9.53 Å². The number of rotatable bonds is 7. The number of hydrogen-bond acceptors (Lipinski definition) is 4. The molecule has 0 aliphatic rings. The van der Waals surface area contributed by atoms with Crippen LogP contribution in [0.5, 0.6) is 5.75 Å². The van der Waals surface area contributed by atoms with Gasteiger partial charge in [-0.25, -0.2) is 4.79 Å². The standard InChI is InChI=1S/C14H16O4/c1-2-3-4-7-10-17-14(16)12-8-5-6-9-13(12)18-11-15/h3-6,8-9,11H,2,7,10H2,1H3. The van der Waals surface area contributed by atoms with E-state index in [-0.39, 0.29) is 17.8 Å². The van der Waals surface area contributed by atoms with Crippen molar-refractivity contribution in [3.8, 4) is 5.75 Å². The molecule has 4 nitrogen and oxygen atoms in total. The second-order valence-corrected chi connectivity index (χ2v) is 3.51. The fourth-order valence-corrected chi connectivity index (χ4v) is 1.37. The molecule has 96 valence electrons. The first-order valence-corrected chi connectivity index (χ1v) is 5.81. The van der Waals surface area contributed by atoms with Gasteiger partial charge in [-0.2, -0.15) is 0 Å². The van der Waals surface area contributed by atoms with Crippen LogP contribution in [-0.4, -0.2) is 19.0 Å². The zero-order chi connectivity index (χ0) is 13.2. The molecule has 0 aliphatic carbocycles. The molecule has 0 spiro atoms. The second-order valence-electron chi connectivity index (χ2n) is 3.51. The number of carbonyl (C=O) groups is 2. The third-order valence-corrected chi connectivity index (χ3v) is 2.20. The van der Waals surface area contributed by atoms with E-state index in [1.165, 1.54) is 0 Å². The van der Waals surface area contributed by atoms with Gasteiger partial charge in [0.05, 0.1) is 6.61 Å². The smallest absolute Gasteiger partial charge is 0.341 e. The SMILES string of the molecule is CCC=CCCOC(=O)c1ccccc1OC=O. The minimum atomic E-state index is -0.489. The summed E-state index contributed by atoms with van der Waals surface area (Å²) in [5, 5.41) is 0. The van der Waals surface area contributed by atoms with Crippen LogP contribution in [0.4, 0.5) is 0 Å². The van der Waals surface area contributed by atoms with Gasteiger partial charge in [-0.1, -0.05) is 31.2 Å². The highest BCUT2D eigenvalue weighted by molar-refractivity contribution is 5.92. The summed E-state index contributed by atoms with van der Waals surface area (Å²) in [6.07, 6.45) is 5.61. The Morgan fingerprint density at radius 2 is 2.06 bits per heavy atom. The molecule has 0 saturated heterocycles. The van der Waals surface area contributed by atoms with Crippen LogP contribution in [0.25, 0.3) is 0 Å². The summed E-state index contributed by atoms with van der Waals surface area (Å²) in [7, 11) is 0. The first kappa shape index (κ1) is 14.0. The topological polar surface area (TPSA) is 52.6 Å². The summed E-state index contributed by atoms with van der Waals surface area (Å²) in [5.74, 6) is -0.279. The molecule has 0 bridgehead atoms. The molecule has 0 aromatic heterocycles. The number of hydrogen-bond donors (Lipinski definition) is 0. The van der Waals surface area contributed by atoms with Gasteiger partial charge in [-0.3, -0.25) is 4.79 Å². The van der Waals surface area contributed by atoms with E-state index in [0.29, 0.717) is 13.0 Å². The molecular formula is C14H16O4. The van der Waals surface area contributed by atoms with E-state index in [9.17, 15) is 9.59 Å². The third-order valence-electron chi connectivity index (χ3n) is 2.20. The van der Waals surface area contributed by atoms with Crippen LogP contribution in [0.3, 0.4) is 0 Å². The summed E-state index contributed by atoms with van der Waals surface area (Å²) >= 11 is 0. The molecule has 4 heteroatoms. The quantitative estimate of drug-likeness (QED) is 0.322. The van der Waals surface area contributed by atoms with Crippen molar-refractivity contribution in [3.05, 3.63) is 42.0 Å². The van der Waals surface area contributed by atoms with Crippen LogP contribution >= 0.6 is 0 Å². The molecule has 0 amide bonds. The highest BCUT2D eigenvalue weighted by atomic mass is 16.5. The Bertz CT molecular complexity index is 424. The van der Waals surface area contributed by atoms with Gasteiger partial charge in [-0.05, 0) is 25.0 Å². The Morgan fingerprint density at radius 3 is 2.78 bits per heavy atom. The van der Waals surface area contributed by atoms with Gasteiger partial charge in [0, 0.05) is 0 Å². The van der Waals surface area contributed by atoms with Gasteiger partial charge < -0.3 is 9.47 Å². The minimum absolute atomic E-state index is 0.210. The number of para-hydroxylation sites is 1. The van der Waals surface area contributed by atoms with E-state index in [2.05, 4.69) is 0 Å². The molecule has 0 unspecified atom stereocenters. The average Bonchev–Trinajstić information content (AvgIpc) is 2.39. The number of benzene rings is 1. The van der Waals surface area contributed by atoms with Gasteiger partial charge in [-0.15, -0.1) is 0 Å². The van der Waals surface area contributed by atoms with E-state index in [4.69, 9.17) is 9.47 Å². The van der Waals surface area contributed by atoms with Crippen LogP contribution in [0, 0.1) is 0 Å². The molecule has 0 saturated carbocycles. The van der Waals surface area contributed by atoms with Crippen molar-refractivity contribution in [1.29, 1.82) is 0 Å². The zero-order valence-electron chi connectivity index (χ0n) is 10.3. The molecular weight excluding hydrogens is 232 g/mol. The Labute approximate surface area is 106 Å². The van der Waals surface area contributed by atoms with Crippen molar-refractivity contribution in [3.63, 3.8) is 0 Å². The van der Waals surface area contributed by atoms with E-state index in [1.807, 2.05) is 19.1 Å². The summed E-state index contributed by atoms with van der Waals surface area (Å²) < 4.78 is 9.78. The lowest BCUT2D eigenvalue weighted by Gasteiger charge is -2.06. The predicted octanol–water partition coefficient (Wildman–Crippen LogP) is 2.73. The first-order valence-electron chi connectivity index (χ1n) is 5.81. The van der Waals surface area contributed by atoms with Crippen LogP contribution in [0.15, 0.2) is 36.4 Å². The van der Waals surface area contributed by atoms with E-state index < -0.39 is 5.97 Å².